The number of nitrogens with one attached hydrogen (secondary N) is 1. The summed E-state index contributed by atoms with van der Waals surface area (Å²) in [6.07, 6.45) is 2.23. The third-order valence-corrected chi connectivity index (χ3v) is 5.45. The molecule has 0 unspecified atom stereocenters. The molecule has 0 aliphatic rings. The van der Waals surface area contributed by atoms with Crippen LogP contribution < -0.4 is 5.32 Å². The lowest BCUT2D eigenvalue weighted by molar-refractivity contribution is 0.0502. The van der Waals surface area contributed by atoms with Gasteiger partial charge in [-0.3, -0.25) is 4.98 Å². The minimum atomic E-state index is -3.58. The Bertz CT molecular complexity index is 1210. The minimum Gasteiger partial charge on any atom is -0.444 e. The van der Waals surface area contributed by atoms with E-state index >= 15 is 0 Å². The number of imidazole rings is 1. The van der Waals surface area contributed by atoms with E-state index in [1.54, 1.807) is 31.5 Å². The number of para-hydroxylation sites is 1. The van der Waals surface area contributed by atoms with Crippen molar-refractivity contribution in [1.82, 2.24) is 19.9 Å². The van der Waals surface area contributed by atoms with Gasteiger partial charge >= 0.3 is 6.09 Å². The molecule has 0 saturated heterocycles. The molecule has 0 bridgehead atoms. The maximum Gasteiger partial charge on any atom is 0.407 e. The van der Waals surface area contributed by atoms with Gasteiger partial charge in [-0.1, -0.05) is 32.0 Å². The minimum absolute atomic E-state index is 0.0130. The molecule has 30 heavy (non-hydrogen) atoms. The van der Waals surface area contributed by atoms with Crippen molar-refractivity contribution >= 4 is 37.9 Å². The van der Waals surface area contributed by atoms with E-state index in [2.05, 4.69) is 15.3 Å². The lowest BCUT2D eigenvalue weighted by Gasteiger charge is -2.28. The highest BCUT2D eigenvalue weighted by molar-refractivity contribution is 7.90. The number of benzene rings is 1. The van der Waals surface area contributed by atoms with Gasteiger partial charge in [0.2, 0.25) is 15.0 Å². The Labute approximate surface area is 176 Å². The summed E-state index contributed by atoms with van der Waals surface area (Å²) >= 11 is 0. The predicted molar refractivity (Wildman–Crippen MR) is 116 cm³/mol. The molecule has 0 radical (unpaired) electrons. The molecule has 2 aromatic heterocycles. The van der Waals surface area contributed by atoms with Crippen molar-refractivity contribution in [2.24, 2.45) is 5.41 Å². The van der Waals surface area contributed by atoms with Crippen LogP contribution >= 0.6 is 0 Å². The Morgan fingerprint density at radius 1 is 1.13 bits per heavy atom. The Hall–Kier alpha value is -2.68. The van der Waals surface area contributed by atoms with E-state index in [0.29, 0.717) is 24.1 Å². The summed E-state index contributed by atoms with van der Waals surface area (Å²) in [5.41, 5.74) is 0.922. The topological polar surface area (TPSA) is 103 Å². The van der Waals surface area contributed by atoms with Gasteiger partial charge in [0.1, 0.15) is 11.1 Å². The van der Waals surface area contributed by atoms with Gasteiger partial charge in [0, 0.05) is 30.1 Å². The van der Waals surface area contributed by atoms with E-state index in [1.807, 2.05) is 38.1 Å². The molecular formula is C21H28N4O4S. The van der Waals surface area contributed by atoms with E-state index in [-0.39, 0.29) is 5.16 Å². The fraction of sp³-hybridized carbons (Fsp3) is 0.476. The number of aromatic nitrogens is 3. The first-order valence-electron chi connectivity index (χ1n) is 9.68. The number of sulfone groups is 1. The predicted octanol–water partition coefficient (Wildman–Crippen LogP) is 3.54. The Morgan fingerprint density at radius 2 is 1.80 bits per heavy atom. The quantitative estimate of drug-likeness (QED) is 0.661. The van der Waals surface area contributed by atoms with E-state index in [1.165, 1.54) is 0 Å². The molecule has 3 rings (SSSR count). The molecule has 0 atom stereocenters. The van der Waals surface area contributed by atoms with Gasteiger partial charge in [0.15, 0.2) is 0 Å². The second kappa shape index (κ2) is 7.54. The zero-order valence-electron chi connectivity index (χ0n) is 18.2. The maximum absolute atomic E-state index is 12.5. The Balaban J connectivity index is 2.01. The van der Waals surface area contributed by atoms with Crippen LogP contribution in [0.4, 0.5) is 4.79 Å². The number of hydrogen-bond acceptors (Lipinski definition) is 6. The zero-order chi connectivity index (χ0) is 22.3. The van der Waals surface area contributed by atoms with E-state index in [0.717, 1.165) is 17.2 Å². The van der Waals surface area contributed by atoms with Gasteiger partial charge in [-0.05, 0) is 26.8 Å². The van der Waals surface area contributed by atoms with Crippen LogP contribution in [0.1, 0.15) is 34.6 Å². The molecule has 1 amide bonds. The van der Waals surface area contributed by atoms with Crippen molar-refractivity contribution in [2.45, 2.75) is 51.9 Å². The van der Waals surface area contributed by atoms with Crippen LogP contribution in [0.5, 0.6) is 0 Å². The number of carbonyl (C=O) groups is 1. The molecule has 0 aliphatic heterocycles. The van der Waals surface area contributed by atoms with Gasteiger partial charge < -0.3 is 14.6 Å². The molecule has 1 aromatic carbocycles. The van der Waals surface area contributed by atoms with Gasteiger partial charge in [0.05, 0.1) is 17.2 Å². The fourth-order valence-corrected chi connectivity index (χ4v) is 4.10. The van der Waals surface area contributed by atoms with Crippen molar-refractivity contribution in [3.63, 3.8) is 0 Å². The molecule has 2 heterocycles. The molecule has 0 fully saturated rings. The van der Waals surface area contributed by atoms with Crippen molar-refractivity contribution in [3.8, 4) is 0 Å². The second-order valence-electron chi connectivity index (χ2n) is 9.28. The highest BCUT2D eigenvalue weighted by Gasteiger charge is 2.28. The molecule has 0 spiro atoms. The largest absolute Gasteiger partial charge is 0.444 e. The van der Waals surface area contributed by atoms with Crippen LogP contribution in [0.3, 0.4) is 0 Å². The first kappa shape index (κ1) is 22.0. The van der Waals surface area contributed by atoms with Crippen LogP contribution in [0.25, 0.3) is 21.9 Å². The van der Waals surface area contributed by atoms with Crippen LogP contribution in [0.15, 0.2) is 35.6 Å². The van der Waals surface area contributed by atoms with Gasteiger partial charge in [-0.25, -0.2) is 18.2 Å². The Kier molecular flexibility index (Phi) is 5.53. The Morgan fingerprint density at radius 3 is 2.43 bits per heavy atom. The summed E-state index contributed by atoms with van der Waals surface area (Å²) in [7, 11) is -3.58. The molecular weight excluding hydrogens is 404 g/mol. The highest BCUT2D eigenvalue weighted by Crippen LogP contribution is 2.30. The van der Waals surface area contributed by atoms with Crippen molar-refractivity contribution in [3.05, 3.63) is 30.5 Å². The molecule has 1 N–H and O–H groups in total. The lowest BCUT2D eigenvalue weighted by atomic mass is 9.93. The molecule has 3 aromatic rings. The summed E-state index contributed by atoms with van der Waals surface area (Å²) in [6.45, 7) is 9.92. The number of carbonyl (C=O) groups excluding carboxylic acids is 1. The first-order chi connectivity index (χ1) is 13.8. The number of nitrogens with zero attached hydrogens (tertiary/aromatic N) is 3. The second-order valence-corrected chi connectivity index (χ2v) is 11.2. The van der Waals surface area contributed by atoms with Crippen LogP contribution in [0.2, 0.25) is 0 Å². The summed E-state index contributed by atoms with van der Waals surface area (Å²) in [5, 5.41) is 3.59. The smallest absolute Gasteiger partial charge is 0.407 e. The van der Waals surface area contributed by atoms with E-state index in [4.69, 9.17) is 4.74 Å². The average Bonchev–Trinajstić information content (AvgIpc) is 2.97. The third kappa shape index (κ3) is 4.89. The number of hydrogen-bond donors (Lipinski definition) is 1. The number of alkyl carbamates (subject to hydrolysis) is 1. The SMILES string of the molecule is CC(C)(CNC(=O)OC(C)(C)C)Cn1c(S(C)(=O)=O)nc2cnc3ccccc3c21. The molecule has 0 aliphatic carbocycles. The maximum atomic E-state index is 12.5. The van der Waals surface area contributed by atoms with Crippen LogP contribution in [-0.4, -0.2) is 47.4 Å². The average molecular weight is 433 g/mol. The van der Waals surface area contributed by atoms with Crippen molar-refractivity contribution < 1.29 is 17.9 Å². The molecule has 0 saturated carbocycles. The number of ether oxygens (including phenoxy) is 1. The van der Waals surface area contributed by atoms with Gasteiger partial charge in [-0.2, -0.15) is 0 Å². The lowest BCUT2D eigenvalue weighted by Crippen LogP contribution is -2.39. The van der Waals surface area contributed by atoms with Gasteiger partial charge in [-0.15, -0.1) is 0 Å². The summed E-state index contributed by atoms with van der Waals surface area (Å²) in [4.78, 5) is 20.8. The molecule has 8 nitrogen and oxygen atoms in total. The standard InChI is InChI=1S/C21H28N4O4S/c1-20(2,3)29-19(26)23-12-21(4,5)13-25-17-14-9-7-8-10-15(14)22-11-16(17)24-18(25)30(6,27)28/h7-11H,12-13H2,1-6H3,(H,23,26). The number of pyridine rings is 1. The normalized spacial score (nSPS) is 13.0. The van der Waals surface area contributed by atoms with Crippen LogP contribution in [-0.2, 0) is 21.1 Å². The monoisotopic (exact) mass is 432 g/mol. The summed E-state index contributed by atoms with van der Waals surface area (Å²) < 4.78 is 32.0. The number of amides is 1. The summed E-state index contributed by atoms with van der Waals surface area (Å²) in [6, 6.07) is 7.55. The van der Waals surface area contributed by atoms with E-state index < -0.39 is 26.9 Å². The van der Waals surface area contributed by atoms with Crippen molar-refractivity contribution in [2.75, 3.05) is 12.8 Å². The third-order valence-electron chi connectivity index (χ3n) is 4.47. The van der Waals surface area contributed by atoms with E-state index in [9.17, 15) is 13.2 Å². The van der Waals surface area contributed by atoms with Crippen molar-refractivity contribution in [1.29, 1.82) is 0 Å². The van der Waals surface area contributed by atoms with Gasteiger partial charge in [0.25, 0.3) is 0 Å². The fourth-order valence-electron chi connectivity index (χ4n) is 3.28. The highest BCUT2D eigenvalue weighted by atomic mass is 32.2. The summed E-state index contributed by atoms with van der Waals surface area (Å²) in [5.74, 6) is 0. The number of rotatable bonds is 5. The zero-order valence-corrected chi connectivity index (χ0v) is 19.0. The van der Waals surface area contributed by atoms with Crippen LogP contribution in [0, 0.1) is 5.41 Å². The molecule has 9 heteroatoms. The first-order valence-corrected chi connectivity index (χ1v) is 11.6. The number of fused-ring (bicyclic) bond motifs is 3. The molecule has 162 valence electrons.